The van der Waals surface area contributed by atoms with Crippen molar-refractivity contribution in [3.8, 4) is 11.5 Å². The lowest BCUT2D eigenvalue weighted by Crippen LogP contribution is -2.13. The highest BCUT2D eigenvalue weighted by Crippen LogP contribution is 2.29. The third kappa shape index (κ3) is 4.62. The van der Waals surface area contributed by atoms with Gasteiger partial charge in [0, 0.05) is 7.05 Å². The van der Waals surface area contributed by atoms with Crippen LogP contribution in [0.15, 0.2) is 23.4 Å². The molecule has 124 valence electrons. The highest BCUT2D eigenvalue weighted by molar-refractivity contribution is 7.99. The van der Waals surface area contributed by atoms with Crippen molar-refractivity contribution in [1.29, 1.82) is 0 Å². The van der Waals surface area contributed by atoms with Gasteiger partial charge in [-0.3, -0.25) is 4.79 Å². The largest absolute Gasteiger partial charge is 0.490 e. The van der Waals surface area contributed by atoms with E-state index < -0.39 is 5.91 Å². The van der Waals surface area contributed by atoms with Gasteiger partial charge in [-0.2, -0.15) is 0 Å². The molecule has 0 aliphatic heterocycles. The van der Waals surface area contributed by atoms with E-state index in [1.54, 1.807) is 4.57 Å². The normalized spacial score (nSPS) is 10.6. The quantitative estimate of drug-likeness (QED) is 0.737. The predicted molar refractivity (Wildman–Crippen MR) is 87.6 cm³/mol. The van der Waals surface area contributed by atoms with Crippen LogP contribution in [0.2, 0.25) is 0 Å². The second-order valence-corrected chi connectivity index (χ2v) is 5.83. The van der Waals surface area contributed by atoms with Gasteiger partial charge in [-0.15, -0.1) is 10.2 Å². The fourth-order valence-electron chi connectivity index (χ4n) is 1.88. The van der Waals surface area contributed by atoms with Crippen molar-refractivity contribution in [3.63, 3.8) is 0 Å². The number of benzene rings is 1. The molecule has 1 aromatic carbocycles. The Morgan fingerprint density at radius 1 is 1.30 bits per heavy atom. The molecule has 1 heterocycles. The molecule has 2 rings (SSSR count). The van der Waals surface area contributed by atoms with E-state index in [0.29, 0.717) is 29.1 Å². The summed E-state index contributed by atoms with van der Waals surface area (Å²) in [5.41, 5.74) is 6.23. The van der Waals surface area contributed by atoms with Crippen LogP contribution in [0, 0.1) is 6.92 Å². The van der Waals surface area contributed by atoms with Gasteiger partial charge in [0.05, 0.1) is 12.4 Å². The second-order valence-electron chi connectivity index (χ2n) is 4.88. The van der Waals surface area contributed by atoms with Crippen molar-refractivity contribution in [1.82, 2.24) is 14.8 Å². The maximum absolute atomic E-state index is 10.8. The summed E-state index contributed by atoms with van der Waals surface area (Å²) in [7, 11) is 1.82. The van der Waals surface area contributed by atoms with Gasteiger partial charge < -0.3 is 19.8 Å². The Labute approximate surface area is 139 Å². The fourth-order valence-corrected chi connectivity index (χ4v) is 2.55. The van der Waals surface area contributed by atoms with Crippen molar-refractivity contribution >= 4 is 17.7 Å². The number of carbonyl (C=O) groups excluding carboxylic acids is 1. The molecule has 1 amide bonds. The van der Waals surface area contributed by atoms with E-state index in [4.69, 9.17) is 15.2 Å². The number of aryl methyl sites for hydroxylation is 1. The zero-order valence-corrected chi connectivity index (χ0v) is 14.2. The lowest BCUT2D eigenvalue weighted by atomic mass is 10.2. The molecule has 0 saturated heterocycles. The van der Waals surface area contributed by atoms with E-state index in [2.05, 4.69) is 10.2 Å². The minimum atomic E-state index is -0.392. The van der Waals surface area contributed by atoms with Crippen LogP contribution in [-0.2, 0) is 18.4 Å². The van der Waals surface area contributed by atoms with Gasteiger partial charge in [0.15, 0.2) is 22.5 Å². The lowest BCUT2D eigenvalue weighted by molar-refractivity contribution is -0.115. The van der Waals surface area contributed by atoms with Crippen LogP contribution in [0.25, 0.3) is 0 Å². The molecule has 23 heavy (non-hydrogen) atoms. The minimum Gasteiger partial charge on any atom is -0.490 e. The van der Waals surface area contributed by atoms with Crippen LogP contribution >= 0.6 is 11.8 Å². The molecule has 0 bridgehead atoms. The average Bonchev–Trinajstić information content (AvgIpc) is 2.85. The Bertz CT molecular complexity index is 687. The Morgan fingerprint density at radius 3 is 2.78 bits per heavy atom. The predicted octanol–water partition coefficient (Wildman–Crippen LogP) is 1.68. The summed E-state index contributed by atoms with van der Waals surface area (Å²) in [5.74, 6) is 1.79. The van der Waals surface area contributed by atoms with E-state index in [9.17, 15) is 4.79 Å². The molecule has 7 nitrogen and oxygen atoms in total. The molecule has 0 saturated carbocycles. The molecule has 0 aliphatic carbocycles. The number of primary amides is 1. The SMILES string of the molecule is CCOc1cc(C)ccc1OCc1nnc(SCC(N)=O)n1C. The first kappa shape index (κ1) is 17.1. The smallest absolute Gasteiger partial charge is 0.227 e. The number of rotatable bonds is 8. The lowest BCUT2D eigenvalue weighted by Gasteiger charge is -2.12. The summed E-state index contributed by atoms with van der Waals surface area (Å²) < 4.78 is 13.2. The Balaban J connectivity index is 2.05. The number of hydrogen-bond donors (Lipinski definition) is 1. The van der Waals surface area contributed by atoms with E-state index >= 15 is 0 Å². The van der Waals surface area contributed by atoms with Gasteiger partial charge in [-0.1, -0.05) is 17.8 Å². The van der Waals surface area contributed by atoms with E-state index in [1.807, 2.05) is 39.1 Å². The molecule has 2 aromatic rings. The first-order valence-corrected chi connectivity index (χ1v) is 8.15. The third-order valence-electron chi connectivity index (χ3n) is 3.02. The van der Waals surface area contributed by atoms with Crippen molar-refractivity contribution < 1.29 is 14.3 Å². The summed E-state index contributed by atoms with van der Waals surface area (Å²) in [6, 6.07) is 5.77. The molecule has 1 aromatic heterocycles. The van der Waals surface area contributed by atoms with Crippen LogP contribution in [0.5, 0.6) is 11.5 Å². The average molecular weight is 336 g/mol. The van der Waals surface area contributed by atoms with Gasteiger partial charge in [0.2, 0.25) is 5.91 Å². The number of aromatic nitrogens is 3. The molecule has 0 atom stereocenters. The highest BCUT2D eigenvalue weighted by atomic mass is 32.2. The fraction of sp³-hybridized carbons (Fsp3) is 0.400. The van der Waals surface area contributed by atoms with Crippen molar-refractivity contribution in [2.24, 2.45) is 12.8 Å². The standard InChI is InChI=1S/C15H20N4O3S/c1-4-21-12-7-10(2)5-6-11(12)22-8-14-17-18-15(19(14)3)23-9-13(16)20/h5-7H,4,8-9H2,1-3H3,(H2,16,20). The summed E-state index contributed by atoms with van der Waals surface area (Å²) in [4.78, 5) is 10.8. The molecular formula is C15H20N4O3S. The Morgan fingerprint density at radius 2 is 2.09 bits per heavy atom. The van der Waals surface area contributed by atoms with Crippen LogP contribution in [-0.4, -0.2) is 33.0 Å². The second kappa shape index (κ2) is 7.87. The Kier molecular flexibility index (Phi) is 5.86. The van der Waals surface area contributed by atoms with Crippen LogP contribution in [0.1, 0.15) is 18.3 Å². The number of hydrogen-bond acceptors (Lipinski definition) is 6. The van der Waals surface area contributed by atoms with Crippen LogP contribution in [0.3, 0.4) is 0 Å². The van der Waals surface area contributed by atoms with Crippen molar-refractivity contribution in [3.05, 3.63) is 29.6 Å². The zero-order chi connectivity index (χ0) is 16.8. The minimum absolute atomic E-state index is 0.166. The summed E-state index contributed by atoms with van der Waals surface area (Å²) in [5, 5.41) is 8.73. The molecule has 0 radical (unpaired) electrons. The number of thioether (sulfide) groups is 1. The molecule has 0 fully saturated rings. The van der Waals surface area contributed by atoms with Gasteiger partial charge in [-0.25, -0.2) is 0 Å². The molecule has 2 N–H and O–H groups in total. The summed E-state index contributed by atoms with van der Waals surface area (Å²) in [6.07, 6.45) is 0. The van der Waals surface area contributed by atoms with Crippen LogP contribution in [0.4, 0.5) is 0 Å². The highest BCUT2D eigenvalue weighted by Gasteiger charge is 2.12. The maximum Gasteiger partial charge on any atom is 0.227 e. The number of carbonyl (C=O) groups is 1. The molecule has 8 heteroatoms. The van der Waals surface area contributed by atoms with Crippen molar-refractivity contribution in [2.45, 2.75) is 25.6 Å². The van der Waals surface area contributed by atoms with Crippen LogP contribution < -0.4 is 15.2 Å². The third-order valence-corrected chi connectivity index (χ3v) is 4.07. The van der Waals surface area contributed by atoms with Gasteiger partial charge in [0.1, 0.15) is 6.61 Å². The summed E-state index contributed by atoms with van der Waals surface area (Å²) in [6.45, 7) is 4.75. The number of nitrogens with zero attached hydrogens (tertiary/aromatic N) is 3. The molecular weight excluding hydrogens is 316 g/mol. The topological polar surface area (TPSA) is 92.3 Å². The first-order chi connectivity index (χ1) is 11.0. The van der Waals surface area contributed by atoms with E-state index in [0.717, 1.165) is 5.56 Å². The van der Waals surface area contributed by atoms with E-state index in [1.165, 1.54) is 11.8 Å². The van der Waals surface area contributed by atoms with Gasteiger partial charge in [0.25, 0.3) is 0 Å². The first-order valence-electron chi connectivity index (χ1n) is 7.17. The number of nitrogens with two attached hydrogens (primary N) is 1. The Hall–Kier alpha value is -2.22. The van der Waals surface area contributed by atoms with E-state index in [-0.39, 0.29) is 12.4 Å². The molecule has 0 aliphatic rings. The number of amides is 1. The number of ether oxygens (including phenoxy) is 2. The maximum atomic E-state index is 10.8. The molecule has 0 spiro atoms. The van der Waals surface area contributed by atoms with Crippen molar-refractivity contribution in [2.75, 3.05) is 12.4 Å². The monoisotopic (exact) mass is 336 g/mol. The summed E-state index contributed by atoms with van der Waals surface area (Å²) >= 11 is 1.25. The van der Waals surface area contributed by atoms with Gasteiger partial charge >= 0.3 is 0 Å². The van der Waals surface area contributed by atoms with Gasteiger partial charge in [-0.05, 0) is 31.5 Å². The zero-order valence-electron chi connectivity index (χ0n) is 13.4. The molecule has 0 unspecified atom stereocenters.